The quantitative estimate of drug-likeness (QED) is 0.335. The predicted octanol–water partition coefficient (Wildman–Crippen LogP) is 3.87. The molecule has 0 saturated carbocycles. The molecule has 2 fully saturated rings. The highest BCUT2D eigenvalue weighted by molar-refractivity contribution is 14.0. The smallest absolute Gasteiger partial charge is 0.191 e. The highest BCUT2D eigenvalue weighted by Crippen LogP contribution is 2.37. The zero-order chi connectivity index (χ0) is 18.2. The lowest BCUT2D eigenvalue weighted by atomic mass is 9.88. The molecule has 2 aliphatic rings. The molecule has 0 radical (unpaired) electrons. The molecule has 0 aromatic carbocycles. The SMILES string of the molecule is CCNC(=NCC1CCCN(C)C1c1cccs1)NCCC1CCCO1.I. The lowest BCUT2D eigenvalue weighted by molar-refractivity contribution is 0.105. The van der Waals surface area contributed by atoms with Crippen molar-refractivity contribution in [3.63, 3.8) is 0 Å². The van der Waals surface area contributed by atoms with Crippen LogP contribution in [-0.4, -0.2) is 56.8 Å². The van der Waals surface area contributed by atoms with Crippen LogP contribution in [-0.2, 0) is 4.74 Å². The molecule has 27 heavy (non-hydrogen) atoms. The van der Waals surface area contributed by atoms with Crippen LogP contribution < -0.4 is 10.6 Å². The van der Waals surface area contributed by atoms with E-state index in [2.05, 4.69) is 47.0 Å². The Morgan fingerprint density at radius 3 is 2.93 bits per heavy atom. The molecule has 2 N–H and O–H groups in total. The fourth-order valence-electron chi connectivity index (χ4n) is 4.13. The Bertz CT molecular complexity index is 548. The minimum Gasteiger partial charge on any atom is -0.378 e. The highest BCUT2D eigenvalue weighted by Gasteiger charge is 2.31. The number of guanidine groups is 1. The Labute approximate surface area is 185 Å². The maximum atomic E-state index is 5.71. The summed E-state index contributed by atoms with van der Waals surface area (Å²) in [7, 11) is 2.26. The van der Waals surface area contributed by atoms with Crippen LogP contribution in [0.2, 0.25) is 0 Å². The first kappa shape index (κ1) is 22.9. The summed E-state index contributed by atoms with van der Waals surface area (Å²) in [6.45, 7) is 6.93. The third-order valence-electron chi connectivity index (χ3n) is 5.45. The van der Waals surface area contributed by atoms with Crippen LogP contribution in [0.4, 0.5) is 0 Å². The third-order valence-corrected chi connectivity index (χ3v) is 6.40. The van der Waals surface area contributed by atoms with E-state index in [0.29, 0.717) is 18.1 Å². The normalized spacial score (nSPS) is 26.6. The molecule has 2 saturated heterocycles. The maximum Gasteiger partial charge on any atom is 0.191 e. The van der Waals surface area contributed by atoms with E-state index in [4.69, 9.17) is 9.73 Å². The minimum atomic E-state index is 0. The van der Waals surface area contributed by atoms with Crippen molar-refractivity contribution in [1.29, 1.82) is 0 Å². The van der Waals surface area contributed by atoms with Gasteiger partial charge in [-0.05, 0) is 70.0 Å². The number of rotatable bonds is 7. The van der Waals surface area contributed by atoms with E-state index >= 15 is 0 Å². The Hall–Kier alpha value is -0.380. The molecule has 1 aromatic rings. The summed E-state index contributed by atoms with van der Waals surface area (Å²) >= 11 is 1.87. The van der Waals surface area contributed by atoms with Gasteiger partial charge in [0.25, 0.3) is 0 Å². The van der Waals surface area contributed by atoms with Gasteiger partial charge < -0.3 is 15.4 Å². The fourth-order valence-corrected chi connectivity index (χ4v) is 5.12. The van der Waals surface area contributed by atoms with E-state index in [-0.39, 0.29) is 24.0 Å². The molecule has 3 atom stereocenters. The van der Waals surface area contributed by atoms with Crippen LogP contribution in [0.15, 0.2) is 22.5 Å². The van der Waals surface area contributed by atoms with Gasteiger partial charge in [-0.2, -0.15) is 0 Å². The zero-order valence-electron chi connectivity index (χ0n) is 16.7. The van der Waals surface area contributed by atoms with Crippen LogP contribution in [0.5, 0.6) is 0 Å². The summed E-state index contributed by atoms with van der Waals surface area (Å²) in [5, 5.41) is 9.08. The van der Waals surface area contributed by atoms with Gasteiger partial charge in [0.1, 0.15) is 0 Å². The van der Waals surface area contributed by atoms with Gasteiger partial charge in [-0.1, -0.05) is 6.07 Å². The summed E-state index contributed by atoms with van der Waals surface area (Å²) in [4.78, 5) is 8.91. The van der Waals surface area contributed by atoms with Crippen LogP contribution >= 0.6 is 35.3 Å². The number of piperidine rings is 1. The lowest BCUT2D eigenvalue weighted by Crippen LogP contribution is -2.40. The number of ether oxygens (including phenoxy) is 1. The van der Waals surface area contributed by atoms with Crippen LogP contribution in [0.1, 0.15) is 49.9 Å². The predicted molar refractivity (Wildman–Crippen MR) is 125 cm³/mol. The molecule has 3 unspecified atom stereocenters. The van der Waals surface area contributed by atoms with Crippen LogP contribution in [0.3, 0.4) is 0 Å². The van der Waals surface area contributed by atoms with E-state index in [1.807, 2.05) is 11.3 Å². The van der Waals surface area contributed by atoms with Gasteiger partial charge >= 0.3 is 0 Å². The summed E-state index contributed by atoms with van der Waals surface area (Å²) in [5.74, 6) is 1.53. The second-order valence-corrected chi connectivity index (χ2v) is 8.39. The molecule has 3 heterocycles. The van der Waals surface area contributed by atoms with E-state index < -0.39 is 0 Å². The van der Waals surface area contributed by atoms with Gasteiger partial charge in [-0.3, -0.25) is 9.89 Å². The monoisotopic (exact) mass is 506 g/mol. The van der Waals surface area contributed by atoms with Crippen molar-refractivity contribution in [2.24, 2.45) is 10.9 Å². The first-order chi connectivity index (χ1) is 12.8. The largest absolute Gasteiger partial charge is 0.378 e. The Kier molecular flexibility index (Phi) is 10.4. The van der Waals surface area contributed by atoms with Gasteiger partial charge in [0, 0.05) is 37.2 Å². The Morgan fingerprint density at radius 1 is 1.33 bits per heavy atom. The van der Waals surface area contributed by atoms with E-state index in [9.17, 15) is 0 Å². The minimum absolute atomic E-state index is 0. The molecule has 2 aliphatic heterocycles. The average Bonchev–Trinajstić information content (AvgIpc) is 3.33. The van der Waals surface area contributed by atoms with Crippen molar-refractivity contribution < 1.29 is 4.74 Å². The van der Waals surface area contributed by atoms with Gasteiger partial charge in [-0.25, -0.2) is 0 Å². The number of hydrogen-bond acceptors (Lipinski definition) is 4. The summed E-state index contributed by atoms with van der Waals surface area (Å²) in [5.41, 5.74) is 0. The van der Waals surface area contributed by atoms with Crippen molar-refractivity contribution in [2.45, 2.75) is 51.2 Å². The molecule has 3 rings (SSSR count). The van der Waals surface area contributed by atoms with Gasteiger partial charge in [0.15, 0.2) is 5.96 Å². The molecular weight excluding hydrogens is 471 g/mol. The van der Waals surface area contributed by atoms with Gasteiger partial charge in [0.2, 0.25) is 0 Å². The summed E-state index contributed by atoms with van der Waals surface area (Å²) in [6, 6.07) is 4.94. The number of likely N-dealkylation sites (tertiary alicyclic amines) is 1. The molecular formula is C20H35IN4OS. The zero-order valence-corrected chi connectivity index (χ0v) is 19.8. The molecule has 154 valence electrons. The van der Waals surface area contributed by atoms with Crippen molar-refractivity contribution in [1.82, 2.24) is 15.5 Å². The first-order valence-electron chi connectivity index (χ1n) is 10.2. The van der Waals surface area contributed by atoms with Crippen LogP contribution in [0.25, 0.3) is 0 Å². The van der Waals surface area contributed by atoms with E-state index in [1.54, 1.807) is 0 Å². The Balaban J connectivity index is 0.00000261. The van der Waals surface area contributed by atoms with Gasteiger partial charge in [0.05, 0.1) is 6.10 Å². The van der Waals surface area contributed by atoms with E-state index in [0.717, 1.165) is 38.6 Å². The lowest BCUT2D eigenvalue weighted by Gasteiger charge is -2.38. The highest BCUT2D eigenvalue weighted by atomic mass is 127. The first-order valence-corrected chi connectivity index (χ1v) is 11.0. The van der Waals surface area contributed by atoms with Crippen molar-refractivity contribution in [2.75, 3.05) is 39.8 Å². The van der Waals surface area contributed by atoms with Crippen molar-refractivity contribution >= 4 is 41.3 Å². The number of nitrogens with zero attached hydrogens (tertiary/aromatic N) is 2. The van der Waals surface area contributed by atoms with Crippen LogP contribution in [0, 0.1) is 5.92 Å². The van der Waals surface area contributed by atoms with Crippen molar-refractivity contribution in [3.8, 4) is 0 Å². The molecule has 0 bridgehead atoms. The molecule has 5 nitrogen and oxygen atoms in total. The number of thiophene rings is 1. The number of halogens is 1. The van der Waals surface area contributed by atoms with E-state index in [1.165, 1.54) is 37.1 Å². The third kappa shape index (κ3) is 6.87. The number of hydrogen-bond donors (Lipinski definition) is 2. The fraction of sp³-hybridized carbons (Fsp3) is 0.750. The van der Waals surface area contributed by atoms with Crippen molar-refractivity contribution in [3.05, 3.63) is 22.4 Å². The number of nitrogens with one attached hydrogen (secondary N) is 2. The summed E-state index contributed by atoms with van der Waals surface area (Å²) < 4.78 is 5.71. The second-order valence-electron chi connectivity index (χ2n) is 7.41. The van der Waals surface area contributed by atoms with Gasteiger partial charge in [-0.15, -0.1) is 35.3 Å². The second kappa shape index (κ2) is 12.2. The molecule has 1 aromatic heterocycles. The standard InChI is InChI=1S/C20H34N4OS.HI/c1-3-21-20(22-11-10-17-8-5-13-25-17)23-15-16-7-4-12-24(2)19(16)18-9-6-14-26-18;/h6,9,14,16-17,19H,3-5,7-8,10-13,15H2,1-2H3,(H2,21,22,23);1H. The maximum absolute atomic E-state index is 5.71. The Morgan fingerprint density at radius 2 is 2.22 bits per heavy atom. The average molecular weight is 506 g/mol. The molecule has 0 aliphatic carbocycles. The summed E-state index contributed by atoms with van der Waals surface area (Å²) in [6.07, 6.45) is 6.42. The number of aliphatic imine (C=N–C) groups is 1. The molecule has 7 heteroatoms. The topological polar surface area (TPSA) is 48.9 Å². The molecule has 0 amide bonds. The molecule has 0 spiro atoms.